The quantitative estimate of drug-likeness (QED) is 0.536. The Morgan fingerprint density at radius 1 is 1.00 bits per heavy atom. The zero-order valence-corrected chi connectivity index (χ0v) is 12.1. The Labute approximate surface area is 107 Å². The third-order valence-corrected chi connectivity index (χ3v) is 3.31. The van der Waals surface area contributed by atoms with Crippen LogP contribution in [0.4, 0.5) is 0 Å². The number of methoxy groups -OCH3 is 1. The summed E-state index contributed by atoms with van der Waals surface area (Å²) in [6.07, 6.45) is 4.94. The van der Waals surface area contributed by atoms with Crippen LogP contribution in [0.5, 0.6) is 0 Å². The van der Waals surface area contributed by atoms with Crippen molar-refractivity contribution < 1.29 is 9.47 Å². The van der Waals surface area contributed by atoms with Gasteiger partial charge in [0.25, 0.3) is 0 Å². The van der Waals surface area contributed by atoms with Crippen molar-refractivity contribution in [2.24, 2.45) is 5.92 Å². The van der Waals surface area contributed by atoms with E-state index in [4.69, 9.17) is 9.47 Å². The van der Waals surface area contributed by atoms with Crippen molar-refractivity contribution in [2.45, 2.75) is 52.5 Å². The van der Waals surface area contributed by atoms with E-state index < -0.39 is 0 Å². The summed E-state index contributed by atoms with van der Waals surface area (Å²) >= 11 is 0. The molecule has 0 radical (unpaired) electrons. The summed E-state index contributed by atoms with van der Waals surface area (Å²) < 4.78 is 10.5. The van der Waals surface area contributed by atoms with E-state index >= 15 is 0 Å². The third kappa shape index (κ3) is 9.57. The highest BCUT2D eigenvalue weighted by atomic mass is 16.5. The van der Waals surface area contributed by atoms with Crippen LogP contribution in [0.1, 0.15) is 46.5 Å². The summed E-state index contributed by atoms with van der Waals surface area (Å²) in [5.74, 6) is 0.845. The van der Waals surface area contributed by atoms with Crippen molar-refractivity contribution in [3.63, 3.8) is 0 Å². The van der Waals surface area contributed by atoms with Crippen LogP contribution in [0.15, 0.2) is 0 Å². The Morgan fingerprint density at radius 3 is 2.24 bits per heavy atom. The van der Waals surface area contributed by atoms with Crippen molar-refractivity contribution in [3.05, 3.63) is 0 Å². The van der Waals surface area contributed by atoms with Gasteiger partial charge in [0.1, 0.15) is 0 Å². The first-order chi connectivity index (χ1) is 8.28. The fraction of sp³-hybridized carbons (Fsp3) is 1.00. The third-order valence-electron chi connectivity index (χ3n) is 3.31. The summed E-state index contributed by atoms with van der Waals surface area (Å²) in [6, 6.07) is 0.604. The molecule has 0 fully saturated rings. The van der Waals surface area contributed by atoms with Gasteiger partial charge in [-0.15, -0.1) is 0 Å². The van der Waals surface area contributed by atoms with Crippen LogP contribution < -0.4 is 5.32 Å². The van der Waals surface area contributed by atoms with E-state index in [1.807, 2.05) is 0 Å². The first-order valence-corrected chi connectivity index (χ1v) is 7.08. The molecule has 0 spiro atoms. The molecule has 0 aliphatic carbocycles. The summed E-state index contributed by atoms with van der Waals surface area (Å²) in [7, 11) is 1.71. The molecule has 0 aromatic carbocycles. The Morgan fingerprint density at radius 2 is 1.71 bits per heavy atom. The molecule has 104 valence electrons. The molecule has 17 heavy (non-hydrogen) atoms. The second-order valence-electron chi connectivity index (χ2n) is 4.57. The first-order valence-electron chi connectivity index (χ1n) is 7.08. The number of ether oxygens (including phenoxy) is 2. The van der Waals surface area contributed by atoms with Gasteiger partial charge >= 0.3 is 0 Å². The number of rotatable bonds is 12. The van der Waals surface area contributed by atoms with E-state index in [1.54, 1.807) is 7.11 Å². The normalized spacial score (nSPS) is 13.2. The Balaban J connectivity index is 3.73. The Hall–Kier alpha value is -0.120. The zero-order valence-electron chi connectivity index (χ0n) is 12.1. The molecule has 0 aromatic heterocycles. The van der Waals surface area contributed by atoms with Crippen molar-refractivity contribution in [3.8, 4) is 0 Å². The molecule has 0 saturated heterocycles. The minimum Gasteiger partial charge on any atom is -0.382 e. The van der Waals surface area contributed by atoms with Gasteiger partial charge in [0.15, 0.2) is 0 Å². The van der Waals surface area contributed by atoms with Gasteiger partial charge in [-0.05, 0) is 25.3 Å². The summed E-state index contributed by atoms with van der Waals surface area (Å²) in [5.41, 5.74) is 0. The zero-order chi connectivity index (χ0) is 12.9. The fourth-order valence-corrected chi connectivity index (χ4v) is 2.09. The van der Waals surface area contributed by atoms with Gasteiger partial charge in [0.05, 0.1) is 13.2 Å². The molecule has 0 rings (SSSR count). The lowest BCUT2D eigenvalue weighted by Gasteiger charge is -2.22. The maximum absolute atomic E-state index is 5.53. The Kier molecular flexibility index (Phi) is 12.3. The van der Waals surface area contributed by atoms with Gasteiger partial charge in [-0.3, -0.25) is 0 Å². The first kappa shape index (κ1) is 16.9. The van der Waals surface area contributed by atoms with E-state index in [-0.39, 0.29) is 0 Å². The average Bonchev–Trinajstić information content (AvgIpc) is 2.35. The standard InChI is InChI=1S/C14H31NO2/c1-5-13(6-2)12-14(15-7-3)8-9-17-11-10-16-4/h13-15H,5-12H2,1-4H3. The topological polar surface area (TPSA) is 30.5 Å². The van der Waals surface area contributed by atoms with Gasteiger partial charge in [0, 0.05) is 19.8 Å². The van der Waals surface area contributed by atoms with Gasteiger partial charge < -0.3 is 14.8 Å². The predicted molar refractivity (Wildman–Crippen MR) is 73.5 cm³/mol. The van der Waals surface area contributed by atoms with Gasteiger partial charge in [-0.25, -0.2) is 0 Å². The fourth-order valence-electron chi connectivity index (χ4n) is 2.09. The molecule has 0 aliphatic rings. The summed E-state index contributed by atoms with van der Waals surface area (Å²) in [5, 5.41) is 3.56. The second-order valence-corrected chi connectivity index (χ2v) is 4.57. The van der Waals surface area contributed by atoms with Crippen LogP contribution >= 0.6 is 0 Å². The van der Waals surface area contributed by atoms with Crippen LogP contribution in [0.25, 0.3) is 0 Å². The average molecular weight is 245 g/mol. The van der Waals surface area contributed by atoms with Gasteiger partial charge in [-0.2, -0.15) is 0 Å². The SMILES string of the molecule is CCNC(CCOCCOC)CC(CC)CC. The van der Waals surface area contributed by atoms with Crippen LogP contribution in [0.2, 0.25) is 0 Å². The van der Waals surface area contributed by atoms with E-state index in [9.17, 15) is 0 Å². The lowest BCUT2D eigenvalue weighted by Crippen LogP contribution is -2.32. The molecule has 3 nitrogen and oxygen atoms in total. The lowest BCUT2D eigenvalue weighted by atomic mass is 9.93. The highest BCUT2D eigenvalue weighted by molar-refractivity contribution is 4.70. The molecule has 0 heterocycles. The molecular weight excluding hydrogens is 214 g/mol. The summed E-state index contributed by atoms with van der Waals surface area (Å²) in [4.78, 5) is 0. The predicted octanol–water partition coefficient (Wildman–Crippen LogP) is 2.84. The van der Waals surface area contributed by atoms with Crippen molar-refractivity contribution >= 4 is 0 Å². The molecule has 0 aromatic rings. The lowest BCUT2D eigenvalue weighted by molar-refractivity contribution is 0.0646. The number of nitrogens with one attached hydrogen (secondary N) is 1. The molecular formula is C14H31NO2. The highest BCUT2D eigenvalue weighted by Gasteiger charge is 2.12. The summed E-state index contributed by atoms with van der Waals surface area (Å²) in [6.45, 7) is 10.0. The van der Waals surface area contributed by atoms with Crippen LogP contribution in [-0.2, 0) is 9.47 Å². The molecule has 0 saturated carbocycles. The van der Waals surface area contributed by atoms with E-state index in [0.29, 0.717) is 19.3 Å². The highest BCUT2D eigenvalue weighted by Crippen LogP contribution is 2.16. The van der Waals surface area contributed by atoms with Crippen LogP contribution in [-0.4, -0.2) is 39.5 Å². The molecule has 0 bridgehead atoms. The maximum atomic E-state index is 5.53. The molecule has 0 aliphatic heterocycles. The molecule has 1 atom stereocenters. The monoisotopic (exact) mass is 245 g/mol. The van der Waals surface area contributed by atoms with Crippen molar-refractivity contribution in [1.82, 2.24) is 5.32 Å². The minimum atomic E-state index is 0.604. The molecule has 0 amide bonds. The Bertz CT molecular complexity index is 149. The largest absolute Gasteiger partial charge is 0.382 e. The maximum Gasteiger partial charge on any atom is 0.0700 e. The minimum absolute atomic E-state index is 0.604. The van der Waals surface area contributed by atoms with Crippen LogP contribution in [0.3, 0.4) is 0 Å². The van der Waals surface area contributed by atoms with E-state index in [1.165, 1.54) is 19.3 Å². The molecule has 1 N–H and O–H groups in total. The molecule has 1 unspecified atom stereocenters. The van der Waals surface area contributed by atoms with Gasteiger partial charge in [0.2, 0.25) is 0 Å². The number of hydrogen-bond acceptors (Lipinski definition) is 3. The van der Waals surface area contributed by atoms with Crippen molar-refractivity contribution in [2.75, 3.05) is 33.5 Å². The molecule has 3 heteroatoms. The second kappa shape index (κ2) is 12.3. The van der Waals surface area contributed by atoms with Gasteiger partial charge in [-0.1, -0.05) is 33.6 Å². The number of hydrogen-bond donors (Lipinski definition) is 1. The van der Waals surface area contributed by atoms with E-state index in [0.717, 1.165) is 25.5 Å². The van der Waals surface area contributed by atoms with E-state index in [2.05, 4.69) is 26.1 Å². The van der Waals surface area contributed by atoms with Crippen molar-refractivity contribution in [1.29, 1.82) is 0 Å². The smallest absolute Gasteiger partial charge is 0.0700 e. The van der Waals surface area contributed by atoms with Crippen LogP contribution in [0, 0.1) is 5.92 Å².